The van der Waals surface area contributed by atoms with Gasteiger partial charge in [0.2, 0.25) is 5.91 Å². The Labute approximate surface area is 155 Å². The molecule has 3 amide bonds. The van der Waals surface area contributed by atoms with Gasteiger partial charge in [0.15, 0.2) is 0 Å². The second-order valence-corrected chi connectivity index (χ2v) is 7.63. The van der Waals surface area contributed by atoms with E-state index in [2.05, 4.69) is 10.6 Å². The maximum absolute atomic E-state index is 12.1. The first-order valence-corrected chi connectivity index (χ1v) is 10.2. The highest BCUT2D eigenvalue weighted by atomic mass is 32.2. The molecule has 1 aliphatic rings. The molecule has 1 aromatic heterocycles. The molecule has 0 spiro atoms. The number of nitrogens with zero attached hydrogens (tertiary/aromatic N) is 1. The van der Waals surface area contributed by atoms with Crippen LogP contribution < -0.4 is 10.6 Å². The van der Waals surface area contributed by atoms with Crippen molar-refractivity contribution in [3.63, 3.8) is 0 Å². The number of ether oxygens (including phenoxy) is 1. The molecule has 2 heterocycles. The van der Waals surface area contributed by atoms with Crippen molar-refractivity contribution in [1.29, 1.82) is 0 Å². The second kappa shape index (κ2) is 10.4. The lowest BCUT2D eigenvalue weighted by atomic mass is 10.2. The van der Waals surface area contributed by atoms with Crippen LogP contribution in [0.1, 0.15) is 11.8 Å². The summed E-state index contributed by atoms with van der Waals surface area (Å²) in [6, 6.07) is 3.01. The van der Waals surface area contributed by atoms with Gasteiger partial charge in [-0.1, -0.05) is 6.07 Å². The third kappa shape index (κ3) is 6.68. The van der Waals surface area contributed by atoms with E-state index in [-0.39, 0.29) is 12.5 Å². The Morgan fingerprint density at radius 1 is 1.40 bits per heavy atom. The van der Waals surface area contributed by atoms with E-state index in [9.17, 15) is 14.4 Å². The van der Waals surface area contributed by atoms with Crippen LogP contribution in [0, 0.1) is 0 Å². The number of thioether (sulfide) groups is 1. The maximum Gasteiger partial charge on any atom is 0.324 e. The first-order valence-electron chi connectivity index (χ1n) is 8.18. The molecule has 0 saturated carbocycles. The first kappa shape index (κ1) is 19.7. The highest BCUT2D eigenvalue weighted by molar-refractivity contribution is 7.99. The summed E-state index contributed by atoms with van der Waals surface area (Å²) in [6.07, 6.45) is 0.730. The highest BCUT2D eigenvalue weighted by Crippen LogP contribution is 2.17. The van der Waals surface area contributed by atoms with E-state index < -0.39 is 18.0 Å². The summed E-state index contributed by atoms with van der Waals surface area (Å²) in [7, 11) is 0. The number of rotatable bonds is 7. The van der Waals surface area contributed by atoms with Crippen LogP contribution in [0.5, 0.6) is 0 Å². The average Bonchev–Trinajstić information content (AvgIpc) is 3.08. The molecule has 1 aliphatic heterocycles. The Bertz CT molecular complexity index is 580. The average molecular weight is 386 g/mol. The summed E-state index contributed by atoms with van der Waals surface area (Å²) in [6.45, 7) is 3.15. The van der Waals surface area contributed by atoms with Crippen molar-refractivity contribution in [3.8, 4) is 0 Å². The molecule has 7 nitrogen and oxygen atoms in total. The maximum atomic E-state index is 12.1. The lowest BCUT2D eigenvalue weighted by Crippen LogP contribution is -2.53. The molecule has 1 atom stereocenters. The number of amides is 3. The third-order valence-corrected chi connectivity index (χ3v) is 5.59. The van der Waals surface area contributed by atoms with Crippen LogP contribution in [0.4, 0.5) is 4.79 Å². The number of esters is 1. The zero-order valence-corrected chi connectivity index (χ0v) is 15.8. The summed E-state index contributed by atoms with van der Waals surface area (Å²) in [5.74, 6) is 0.702. The van der Waals surface area contributed by atoms with Gasteiger partial charge < -0.3 is 10.1 Å². The predicted octanol–water partition coefficient (Wildman–Crippen LogP) is 1.10. The Morgan fingerprint density at radius 2 is 2.24 bits per heavy atom. The van der Waals surface area contributed by atoms with E-state index in [0.717, 1.165) is 12.2 Å². The summed E-state index contributed by atoms with van der Waals surface area (Å²) in [5, 5.41) is 6.96. The van der Waals surface area contributed by atoms with Crippen LogP contribution in [-0.4, -0.2) is 66.6 Å². The number of thiophene rings is 1. The van der Waals surface area contributed by atoms with Crippen molar-refractivity contribution in [3.05, 3.63) is 22.4 Å². The molecule has 2 N–H and O–H groups in total. The zero-order chi connectivity index (χ0) is 18.1. The molecule has 1 fully saturated rings. The van der Waals surface area contributed by atoms with E-state index in [4.69, 9.17) is 4.74 Å². The van der Waals surface area contributed by atoms with Gasteiger partial charge in [-0.2, -0.15) is 11.8 Å². The number of imide groups is 1. The monoisotopic (exact) mass is 385 g/mol. The van der Waals surface area contributed by atoms with Gasteiger partial charge in [0.25, 0.3) is 0 Å². The fourth-order valence-electron chi connectivity index (χ4n) is 2.43. The largest absolute Gasteiger partial charge is 0.465 e. The van der Waals surface area contributed by atoms with Gasteiger partial charge in [-0.3, -0.25) is 19.8 Å². The van der Waals surface area contributed by atoms with Crippen molar-refractivity contribution in [2.75, 3.05) is 37.7 Å². The quantitative estimate of drug-likeness (QED) is 0.684. The molecule has 0 radical (unpaired) electrons. The SMILES string of the molecule is CCOC(=O)C1CSCCN1CC(=O)NC(=O)NCCc1cccs1. The fraction of sp³-hybridized carbons (Fsp3) is 0.562. The standard InChI is InChI=1S/C16H23N3O4S2/c1-2-23-15(21)13-11-24-9-7-19(13)10-14(20)18-16(22)17-6-5-12-4-3-8-25-12/h3-4,8,13H,2,5-7,9-11H2,1H3,(H2,17,18,20,22). The minimum Gasteiger partial charge on any atom is -0.465 e. The summed E-state index contributed by atoms with van der Waals surface area (Å²) < 4.78 is 5.06. The molecule has 9 heteroatoms. The fourth-order valence-corrected chi connectivity index (χ4v) is 4.24. The van der Waals surface area contributed by atoms with Gasteiger partial charge in [-0.15, -0.1) is 11.3 Å². The smallest absolute Gasteiger partial charge is 0.324 e. The molecule has 1 aromatic rings. The molecule has 1 unspecified atom stereocenters. The van der Waals surface area contributed by atoms with E-state index in [1.807, 2.05) is 17.5 Å². The van der Waals surface area contributed by atoms with Crippen LogP contribution >= 0.6 is 23.1 Å². The van der Waals surface area contributed by atoms with Crippen molar-refractivity contribution < 1.29 is 19.1 Å². The second-order valence-electron chi connectivity index (χ2n) is 5.45. The Kier molecular flexibility index (Phi) is 8.23. The van der Waals surface area contributed by atoms with Gasteiger partial charge in [-0.25, -0.2) is 4.79 Å². The zero-order valence-electron chi connectivity index (χ0n) is 14.2. The highest BCUT2D eigenvalue weighted by Gasteiger charge is 2.31. The number of hydrogen-bond donors (Lipinski definition) is 2. The van der Waals surface area contributed by atoms with E-state index in [1.165, 1.54) is 4.88 Å². The lowest BCUT2D eigenvalue weighted by Gasteiger charge is -2.32. The van der Waals surface area contributed by atoms with Crippen LogP contribution in [0.25, 0.3) is 0 Å². The third-order valence-electron chi connectivity index (χ3n) is 3.63. The Balaban J connectivity index is 1.73. The minimum atomic E-state index is -0.513. The van der Waals surface area contributed by atoms with Gasteiger partial charge in [-0.05, 0) is 24.8 Å². The molecule has 0 bridgehead atoms. The normalized spacial score (nSPS) is 17.7. The van der Waals surface area contributed by atoms with Gasteiger partial charge in [0, 0.05) is 29.5 Å². The van der Waals surface area contributed by atoms with Crippen LogP contribution in [0.2, 0.25) is 0 Å². The van der Waals surface area contributed by atoms with Crippen LogP contribution in [0.15, 0.2) is 17.5 Å². The predicted molar refractivity (Wildman–Crippen MR) is 98.9 cm³/mol. The van der Waals surface area contributed by atoms with Crippen LogP contribution in [-0.2, 0) is 20.7 Å². The molecule has 1 saturated heterocycles. The molecule has 0 aromatic carbocycles. The van der Waals surface area contributed by atoms with Crippen molar-refractivity contribution >= 4 is 41.0 Å². The van der Waals surface area contributed by atoms with E-state index in [0.29, 0.717) is 25.4 Å². The minimum absolute atomic E-state index is 0.00237. The van der Waals surface area contributed by atoms with E-state index in [1.54, 1.807) is 34.9 Å². The summed E-state index contributed by atoms with van der Waals surface area (Å²) in [5.41, 5.74) is 0. The summed E-state index contributed by atoms with van der Waals surface area (Å²) >= 11 is 3.29. The van der Waals surface area contributed by atoms with Crippen LogP contribution in [0.3, 0.4) is 0 Å². The first-order chi connectivity index (χ1) is 12.1. The number of nitrogens with one attached hydrogen (secondary N) is 2. The Hall–Kier alpha value is -1.58. The number of urea groups is 1. The van der Waals surface area contributed by atoms with E-state index >= 15 is 0 Å². The molecular formula is C16H23N3O4S2. The Morgan fingerprint density at radius 3 is 2.96 bits per heavy atom. The molecule has 138 valence electrons. The van der Waals surface area contributed by atoms with Gasteiger partial charge in [0.05, 0.1) is 13.2 Å². The molecule has 0 aliphatic carbocycles. The van der Waals surface area contributed by atoms with Gasteiger partial charge in [0.1, 0.15) is 6.04 Å². The topological polar surface area (TPSA) is 87.7 Å². The van der Waals surface area contributed by atoms with Gasteiger partial charge >= 0.3 is 12.0 Å². The summed E-state index contributed by atoms with van der Waals surface area (Å²) in [4.78, 5) is 38.8. The molecule has 2 rings (SSSR count). The van der Waals surface area contributed by atoms with Crippen molar-refractivity contribution in [2.24, 2.45) is 0 Å². The van der Waals surface area contributed by atoms with Crippen molar-refractivity contribution in [1.82, 2.24) is 15.5 Å². The molecular weight excluding hydrogens is 362 g/mol. The number of carbonyl (C=O) groups is 3. The molecule has 25 heavy (non-hydrogen) atoms. The number of carbonyl (C=O) groups excluding carboxylic acids is 3. The lowest BCUT2D eigenvalue weighted by molar-refractivity contribution is -0.149. The van der Waals surface area contributed by atoms with Crippen molar-refractivity contribution in [2.45, 2.75) is 19.4 Å². The number of hydrogen-bond acceptors (Lipinski definition) is 7.